The van der Waals surface area contributed by atoms with Crippen molar-refractivity contribution in [1.82, 2.24) is 9.71 Å². The van der Waals surface area contributed by atoms with Gasteiger partial charge < -0.3 is 9.88 Å². The Morgan fingerprint density at radius 3 is 2.78 bits per heavy atom. The van der Waals surface area contributed by atoms with Gasteiger partial charge in [0.05, 0.1) is 11.2 Å². The molecule has 1 aliphatic rings. The molecule has 1 aliphatic heterocycles. The molecule has 0 aliphatic carbocycles. The molecule has 4 N–H and O–H groups in total. The van der Waals surface area contributed by atoms with E-state index in [-0.39, 0.29) is 17.5 Å². The van der Waals surface area contributed by atoms with E-state index in [1.807, 2.05) is 29.2 Å². The molecule has 2 aromatic rings. The van der Waals surface area contributed by atoms with E-state index in [2.05, 4.69) is 9.71 Å². The summed E-state index contributed by atoms with van der Waals surface area (Å²) in [6, 6.07) is 8.61. The summed E-state index contributed by atoms with van der Waals surface area (Å²) in [7, 11) is -3.81. The van der Waals surface area contributed by atoms with Crippen LogP contribution in [0.2, 0.25) is 0 Å². The average molecular weight is 357 g/mol. The molecule has 0 spiro atoms. The fraction of sp³-hybridized carbons (Fsp3) is 0.357. The van der Waals surface area contributed by atoms with Crippen molar-refractivity contribution in [3.8, 4) is 0 Å². The smallest absolute Gasteiger partial charge is 0.274 e. The number of anilines is 1. The molecule has 7 nitrogen and oxygen atoms in total. The van der Waals surface area contributed by atoms with Gasteiger partial charge in [-0.3, -0.25) is 4.79 Å². The van der Waals surface area contributed by atoms with Crippen LogP contribution in [-0.2, 0) is 10.2 Å². The van der Waals surface area contributed by atoms with Crippen LogP contribution in [0.25, 0.3) is 10.9 Å². The largest absolute Gasteiger partial charge is 0.369 e. The standard InChI is InChI=1S/C14H17ClN4O3S/c15-6-9-7-19(8-12(9)18-23(16,21)22)13-5-14(20)17-11-4-2-1-3-10(11)13/h1-5,9,12,18H,6-8H2,(H,17,20)(H2,16,21,22). The Labute approximate surface area is 138 Å². The second-order valence-corrected chi connectivity index (χ2v) is 7.29. The normalized spacial score (nSPS) is 21.9. The second kappa shape index (κ2) is 6.12. The highest BCUT2D eigenvalue weighted by Gasteiger charge is 2.34. The first-order chi connectivity index (χ1) is 10.9. The van der Waals surface area contributed by atoms with Crippen LogP contribution < -0.4 is 20.3 Å². The van der Waals surface area contributed by atoms with Gasteiger partial charge in [0.25, 0.3) is 10.2 Å². The van der Waals surface area contributed by atoms with E-state index < -0.39 is 10.2 Å². The first kappa shape index (κ1) is 16.3. The number of para-hydroxylation sites is 1. The number of rotatable bonds is 4. The minimum atomic E-state index is -3.81. The van der Waals surface area contributed by atoms with Gasteiger partial charge in [-0.2, -0.15) is 13.1 Å². The van der Waals surface area contributed by atoms with Crippen molar-refractivity contribution in [1.29, 1.82) is 0 Å². The number of H-pyrrole nitrogens is 1. The molecule has 0 bridgehead atoms. The predicted molar refractivity (Wildman–Crippen MR) is 91.0 cm³/mol. The van der Waals surface area contributed by atoms with Gasteiger partial charge in [0.1, 0.15) is 0 Å². The summed E-state index contributed by atoms with van der Waals surface area (Å²) < 4.78 is 25.0. The minimum absolute atomic E-state index is 0.0898. The van der Waals surface area contributed by atoms with Crippen LogP contribution in [0, 0.1) is 5.92 Å². The van der Waals surface area contributed by atoms with Crippen molar-refractivity contribution in [2.75, 3.05) is 23.9 Å². The van der Waals surface area contributed by atoms with E-state index in [1.165, 1.54) is 6.07 Å². The van der Waals surface area contributed by atoms with Crippen LogP contribution >= 0.6 is 11.6 Å². The van der Waals surface area contributed by atoms with Crippen molar-refractivity contribution in [2.45, 2.75) is 6.04 Å². The minimum Gasteiger partial charge on any atom is -0.369 e. The molecule has 1 aromatic heterocycles. The highest BCUT2D eigenvalue weighted by atomic mass is 35.5. The highest BCUT2D eigenvalue weighted by Crippen LogP contribution is 2.29. The maximum Gasteiger partial charge on any atom is 0.274 e. The molecular formula is C14H17ClN4O3S. The second-order valence-electron chi connectivity index (χ2n) is 5.65. The lowest BCUT2D eigenvalue weighted by Crippen LogP contribution is -2.44. The zero-order chi connectivity index (χ0) is 16.6. The average Bonchev–Trinajstić information content (AvgIpc) is 2.87. The Morgan fingerprint density at radius 2 is 2.09 bits per heavy atom. The summed E-state index contributed by atoms with van der Waals surface area (Å²) in [5.41, 5.74) is 1.29. The maximum absolute atomic E-state index is 11.9. The molecule has 1 fully saturated rings. The quantitative estimate of drug-likeness (QED) is 0.687. The molecule has 1 aromatic carbocycles. The van der Waals surface area contributed by atoms with Crippen LogP contribution in [0.3, 0.4) is 0 Å². The summed E-state index contributed by atoms with van der Waals surface area (Å²) in [5.74, 6) is 0.207. The third kappa shape index (κ3) is 3.50. The van der Waals surface area contributed by atoms with Gasteiger partial charge in [-0.05, 0) is 6.07 Å². The van der Waals surface area contributed by atoms with Crippen LogP contribution in [0.1, 0.15) is 0 Å². The SMILES string of the molecule is NS(=O)(=O)NC1CN(c2cc(=O)[nH]c3ccccc23)CC1CCl. The van der Waals surface area contributed by atoms with E-state index in [1.54, 1.807) is 0 Å². The van der Waals surface area contributed by atoms with Crippen molar-refractivity contribution >= 4 is 38.4 Å². The number of pyridine rings is 1. The summed E-state index contributed by atoms with van der Waals surface area (Å²) in [6.07, 6.45) is 0. The van der Waals surface area contributed by atoms with Crippen molar-refractivity contribution in [2.24, 2.45) is 11.1 Å². The van der Waals surface area contributed by atoms with Crippen LogP contribution in [0.5, 0.6) is 0 Å². The predicted octanol–water partition coefficient (Wildman–Crippen LogP) is 0.365. The molecule has 3 rings (SSSR count). The number of hydrogen-bond acceptors (Lipinski definition) is 4. The number of alkyl halides is 1. The van der Waals surface area contributed by atoms with Gasteiger partial charge >= 0.3 is 0 Å². The zero-order valence-electron chi connectivity index (χ0n) is 12.2. The summed E-state index contributed by atoms with van der Waals surface area (Å²) >= 11 is 5.96. The molecule has 124 valence electrons. The molecule has 0 amide bonds. The van der Waals surface area contributed by atoms with Gasteiger partial charge in [-0.15, -0.1) is 11.6 Å². The Hall–Kier alpha value is -1.61. The first-order valence-electron chi connectivity index (χ1n) is 7.10. The Morgan fingerprint density at radius 1 is 1.35 bits per heavy atom. The van der Waals surface area contributed by atoms with Gasteiger partial charge in [0, 0.05) is 42.4 Å². The van der Waals surface area contributed by atoms with Crippen LogP contribution in [0.15, 0.2) is 35.1 Å². The Bertz CT molecular complexity index is 883. The number of aromatic nitrogens is 1. The van der Waals surface area contributed by atoms with Gasteiger partial charge in [-0.1, -0.05) is 18.2 Å². The number of halogens is 1. The van der Waals surface area contributed by atoms with E-state index in [9.17, 15) is 13.2 Å². The lowest BCUT2D eigenvalue weighted by Gasteiger charge is -2.20. The maximum atomic E-state index is 11.9. The Balaban J connectivity index is 1.98. The third-order valence-corrected chi connectivity index (χ3v) is 5.05. The van der Waals surface area contributed by atoms with E-state index in [0.717, 1.165) is 16.6 Å². The fourth-order valence-electron chi connectivity index (χ4n) is 3.02. The topological polar surface area (TPSA) is 108 Å². The highest BCUT2D eigenvalue weighted by molar-refractivity contribution is 7.87. The molecule has 2 atom stereocenters. The van der Waals surface area contributed by atoms with Gasteiger partial charge in [-0.25, -0.2) is 5.14 Å². The monoisotopic (exact) mass is 356 g/mol. The molecule has 0 radical (unpaired) electrons. The molecule has 2 unspecified atom stereocenters. The van der Waals surface area contributed by atoms with Gasteiger partial charge in [0.15, 0.2) is 0 Å². The number of fused-ring (bicyclic) bond motifs is 1. The van der Waals surface area contributed by atoms with Crippen molar-refractivity contribution < 1.29 is 8.42 Å². The van der Waals surface area contributed by atoms with E-state index in [4.69, 9.17) is 16.7 Å². The molecule has 2 heterocycles. The van der Waals surface area contributed by atoms with E-state index >= 15 is 0 Å². The molecule has 23 heavy (non-hydrogen) atoms. The van der Waals surface area contributed by atoms with Crippen LogP contribution in [-0.4, -0.2) is 38.4 Å². The Kier molecular flexibility index (Phi) is 4.33. The number of hydrogen-bond donors (Lipinski definition) is 3. The van der Waals surface area contributed by atoms with Crippen molar-refractivity contribution in [3.05, 3.63) is 40.7 Å². The third-order valence-electron chi connectivity index (χ3n) is 4.02. The van der Waals surface area contributed by atoms with Crippen LogP contribution in [0.4, 0.5) is 5.69 Å². The van der Waals surface area contributed by atoms with Gasteiger partial charge in [0.2, 0.25) is 5.56 Å². The number of nitrogens with zero attached hydrogens (tertiary/aromatic N) is 1. The molecule has 0 saturated carbocycles. The van der Waals surface area contributed by atoms with Crippen molar-refractivity contribution in [3.63, 3.8) is 0 Å². The van der Waals surface area contributed by atoms with E-state index in [0.29, 0.717) is 19.0 Å². The lowest BCUT2D eigenvalue weighted by atomic mass is 10.1. The summed E-state index contributed by atoms with van der Waals surface area (Å²) in [6.45, 7) is 0.950. The number of nitrogens with one attached hydrogen (secondary N) is 2. The molecular weight excluding hydrogens is 340 g/mol. The molecule has 9 heteroatoms. The molecule has 1 saturated heterocycles. The fourth-order valence-corrected chi connectivity index (χ4v) is 4.02. The number of nitrogens with two attached hydrogens (primary N) is 1. The zero-order valence-corrected chi connectivity index (χ0v) is 13.8. The number of benzene rings is 1. The number of aromatic amines is 1. The summed E-state index contributed by atoms with van der Waals surface area (Å²) in [5, 5.41) is 5.98. The first-order valence-corrected chi connectivity index (χ1v) is 9.18. The summed E-state index contributed by atoms with van der Waals surface area (Å²) in [4.78, 5) is 16.6. The lowest BCUT2D eigenvalue weighted by molar-refractivity contribution is 0.507.